The molecule has 2 atom stereocenters. The van der Waals surface area contributed by atoms with Gasteiger partial charge in [-0.25, -0.2) is 0 Å². The second-order valence-corrected chi connectivity index (χ2v) is 3.90. The Morgan fingerprint density at radius 2 is 2.17 bits per heavy atom. The lowest BCUT2D eigenvalue weighted by Crippen LogP contribution is -2.18. The van der Waals surface area contributed by atoms with Crippen molar-refractivity contribution >= 4 is 17.7 Å². The third-order valence-corrected chi connectivity index (χ3v) is 2.25. The smallest absolute Gasteiger partial charge is 0.318 e. The molecule has 0 bridgehead atoms. The van der Waals surface area contributed by atoms with Gasteiger partial charge in [-0.05, 0) is 20.8 Å². The first-order valence-corrected chi connectivity index (χ1v) is 4.70. The van der Waals surface area contributed by atoms with Crippen molar-refractivity contribution in [2.24, 2.45) is 5.18 Å². The molecule has 0 heterocycles. The van der Waals surface area contributed by atoms with E-state index in [2.05, 4.69) is 5.18 Å². The highest BCUT2D eigenvalue weighted by Crippen LogP contribution is 2.18. The number of esters is 1. The first-order chi connectivity index (χ1) is 5.61. The second kappa shape index (κ2) is 5.99. The van der Waals surface area contributed by atoms with Crippen LogP contribution in [0.15, 0.2) is 5.18 Å². The first-order valence-electron chi connectivity index (χ1n) is 3.76. The standard InChI is InChI=1S/C7H13NO3S/c1-4-11-7(9)5(2)12-6(3)8-10/h5-6H,4H2,1-3H3. The average molecular weight is 191 g/mol. The van der Waals surface area contributed by atoms with E-state index in [0.717, 1.165) is 0 Å². The van der Waals surface area contributed by atoms with Crippen molar-refractivity contribution in [1.82, 2.24) is 0 Å². The van der Waals surface area contributed by atoms with Gasteiger partial charge < -0.3 is 4.74 Å². The summed E-state index contributed by atoms with van der Waals surface area (Å²) in [5.74, 6) is -0.294. The quantitative estimate of drug-likeness (QED) is 0.491. The van der Waals surface area contributed by atoms with Crippen LogP contribution < -0.4 is 0 Å². The van der Waals surface area contributed by atoms with Gasteiger partial charge in [0.2, 0.25) is 0 Å². The lowest BCUT2D eigenvalue weighted by molar-refractivity contribution is -0.142. The minimum absolute atomic E-state index is 0.294. The molecule has 0 N–H and O–H groups in total. The monoisotopic (exact) mass is 191 g/mol. The zero-order valence-corrected chi connectivity index (χ0v) is 8.26. The normalized spacial score (nSPS) is 14.9. The van der Waals surface area contributed by atoms with Crippen molar-refractivity contribution in [3.8, 4) is 0 Å². The molecule has 0 aliphatic carbocycles. The molecule has 0 radical (unpaired) electrons. The molecular formula is C7H13NO3S. The van der Waals surface area contributed by atoms with Gasteiger partial charge in [0.15, 0.2) is 0 Å². The Morgan fingerprint density at radius 1 is 1.58 bits per heavy atom. The van der Waals surface area contributed by atoms with E-state index in [4.69, 9.17) is 4.74 Å². The van der Waals surface area contributed by atoms with Crippen molar-refractivity contribution in [3.63, 3.8) is 0 Å². The molecule has 12 heavy (non-hydrogen) atoms. The number of nitrogens with zero attached hydrogens (tertiary/aromatic N) is 1. The molecule has 0 amide bonds. The van der Waals surface area contributed by atoms with Gasteiger partial charge in [-0.2, -0.15) is 0 Å². The summed E-state index contributed by atoms with van der Waals surface area (Å²) in [4.78, 5) is 21.0. The Kier molecular flexibility index (Phi) is 5.70. The predicted molar refractivity (Wildman–Crippen MR) is 48.9 cm³/mol. The molecular weight excluding hydrogens is 178 g/mol. The van der Waals surface area contributed by atoms with Crippen LogP contribution in [0, 0.1) is 4.91 Å². The zero-order chi connectivity index (χ0) is 9.56. The molecule has 0 rings (SSSR count). The van der Waals surface area contributed by atoms with E-state index in [0.29, 0.717) is 6.61 Å². The van der Waals surface area contributed by atoms with Crippen molar-refractivity contribution in [2.45, 2.75) is 31.4 Å². The van der Waals surface area contributed by atoms with Gasteiger partial charge in [0.05, 0.1) is 6.61 Å². The first kappa shape index (κ1) is 11.4. The Labute approximate surface area is 76.0 Å². The third kappa shape index (κ3) is 4.33. The number of ether oxygens (including phenoxy) is 1. The fraction of sp³-hybridized carbons (Fsp3) is 0.857. The lowest BCUT2D eigenvalue weighted by Gasteiger charge is -2.10. The second-order valence-electron chi connectivity index (χ2n) is 2.24. The van der Waals surface area contributed by atoms with Crippen LogP contribution in [0.2, 0.25) is 0 Å². The zero-order valence-electron chi connectivity index (χ0n) is 7.44. The number of hydrogen-bond acceptors (Lipinski definition) is 5. The average Bonchev–Trinajstić information content (AvgIpc) is 2.04. The minimum atomic E-state index is -0.399. The highest BCUT2D eigenvalue weighted by Gasteiger charge is 2.17. The van der Waals surface area contributed by atoms with Crippen molar-refractivity contribution in [1.29, 1.82) is 0 Å². The number of hydrogen-bond donors (Lipinski definition) is 0. The number of nitroso groups, excluding NO2 is 1. The van der Waals surface area contributed by atoms with E-state index in [9.17, 15) is 9.70 Å². The van der Waals surface area contributed by atoms with E-state index in [1.807, 2.05) is 0 Å². The largest absolute Gasteiger partial charge is 0.465 e. The Morgan fingerprint density at radius 3 is 2.58 bits per heavy atom. The molecule has 0 aromatic carbocycles. The van der Waals surface area contributed by atoms with E-state index < -0.39 is 5.37 Å². The topological polar surface area (TPSA) is 55.7 Å². The summed E-state index contributed by atoms with van der Waals surface area (Å²) in [7, 11) is 0. The summed E-state index contributed by atoms with van der Waals surface area (Å²) in [6.45, 7) is 5.46. The SMILES string of the molecule is CCOC(=O)C(C)SC(C)N=O. The summed E-state index contributed by atoms with van der Waals surface area (Å²) < 4.78 is 4.75. The van der Waals surface area contributed by atoms with E-state index in [1.165, 1.54) is 11.8 Å². The van der Waals surface area contributed by atoms with E-state index in [1.54, 1.807) is 20.8 Å². The molecule has 0 saturated carbocycles. The summed E-state index contributed by atoms with van der Waals surface area (Å²) >= 11 is 1.19. The highest BCUT2D eigenvalue weighted by molar-refractivity contribution is 8.01. The van der Waals surface area contributed by atoms with Gasteiger partial charge in [0, 0.05) is 0 Å². The Bertz CT molecular complexity index is 163. The fourth-order valence-corrected chi connectivity index (χ4v) is 1.46. The molecule has 70 valence electrons. The predicted octanol–water partition coefficient (Wildman–Crippen LogP) is 1.78. The molecule has 0 aliphatic rings. The van der Waals surface area contributed by atoms with Gasteiger partial charge >= 0.3 is 5.97 Å². The van der Waals surface area contributed by atoms with Gasteiger partial charge in [0.25, 0.3) is 0 Å². The van der Waals surface area contributed by atoms with Crippen molar-refractivity contribution < 1.29 is 9.53 Å². The minimum Gasteiger partial charge on any atom is -0.465 e. The van der Waals surface area contributed by atoms with E-state index in [-0.39, 0.29) is 11.2 Å². The molecule has 0 spiro atoms. The lowest BCUT2D eigenvalue weighted by atomic mass is 10.5. The summed E-state index contributed by atoms with van der Waals surface area (Å²) in [5, 5.41) is 2.06. The van der Waals surface area contributed by atoms with Crippen LogP contribution in [0.1, 0.15) is 20.8 Å². The van der Waals surface area contributed by atoms with Crippen LogP contribution in [-0.2, 0) is 9.53 Å². The van der Waals surface area contributed by atoms with Crippen molar-refractivity contribution in [2.75, 3.05) is 6.61 Å². The van der Waals surface area contributed by atoms with Gasteiger partial charge in [-0.15, -0.1) is 16.7 Å². The van der Waals surface area contributed by atoms with Gasteiger partial charge in [-0.1, -0.05) is 5.18 Å². The third-order valence-electron chi connectivity index (χ3n) is 1.17. The summed E-state index contributed by atoms with van der Waals surface area (Å²) in [6, 6.07) is 0. The molecule has 0 aromatic heterocycles. The number of carbonyl (C=O) groups excluding carboxylic acids is 1. The Hall–Kier alpha value is -0.580. The van der Waals surface area contributed by atoms with Crippen LogP contribution in [0.5, 0.6) is 0 Å². The molecule has 4 nitrogen and oxygen atoms in total. The summed E-state index contributed by atoms with van der Waals surface area (Å²) in [6.07, 6.45) is 0. The van der Waals surface area contributed by atoms with Gasteiger partial charge in [-0.3, -0.25) is 4.79 Å². The van der Waals surface area contributed by atoms with Crippen LogP contribution in [-0.4, -0.2) is 23.2 Å². The van der Waals surface area contributed by atoms with Crippen LogP contribution in [0.3, 0.4) is 0 Å². The number of carbonyl (C=O) groups is 1. The maximum absolute atomic E-state index is 11.0. The van der Waals surface area contributed by atoms with Crippen molar-refractivity contribution in [3.05, 3.63) is 4.91 Å². The molecule has 0 aliphatic heterocycles. The number of thioether (sulfide) groups is 1. The van der Waals surface area contributed by atoms with E-state index >= 15 is 0 Å². The number of rotatable bonds is 5. The summed E-state index contributed by atoms with van der Waals surface area (Å²) in [5.41, 5.74) is 0. The van der Waals surface area contributed by atoms with Gasteiger partial charge in [0.1, 0.15) is 10.6 Å². The Balaban J connectivity index is 3.77. The van der Waals surface area contributed by atoms with Crippen LogP contribution in [0.25, 0.3) is 0 Å². The maximum Gasteiger partial charge on any atom is 0.318 e. The maximum atomic E-state index is 11.0. The van der Waals surface area contributed by atoms with Crippen LogP contribution in [0.4, 0.5) is 0 Å². The molecule has 0 aromatic rings. The van der Waals surface area contributed by atoms with Crippen LogP contribution >= 0.6 is 11.8 Å². The molecule has 0 saturated heterocycles. The molecule has 5 heteroatoms. The molecule has 2 unspecified atom stereocenters. The molecule has 0 fully saturated rings. The fourth-order valence-electron chi connectivity index (χ4n) is 0.635. The highest BCUT2D eigenvalue weighted by atomic mass is 32.2.